The van der Waals surface area contributed by atoms with Gasteiger partial charge in [-0.25, -0.2) is 0 Å². The highest BCUT2D eigenvalue weighted by Gasteiger charge is 2.25. The molecule has 2 nitrogen and oxygen atoms in total. The van der Waals surface area contributed by atoms with E-state index in [1.807, 2.05) is 6.92 Å². The number of hydrogen-bond acceptors (Lipinski definition) is 1. The van der Waals surface area contributed by atoms with Crippen LogP contribution < -0.4 is 24.0 Å². The summed E-state index contributed by atoms with van der Waals surface area (Å²) in [5.41, 5.74) is 0.952. The van der Waals surface area contributed by atoms with Gasteiger partial charge in [0.25, 0.3) is 0 Å². The van der Waals surface area contributed by atoms with Gasteiger partial charge in [-0.2, -0.15) is 0 Å². The normalized spacial score (nSPS) is 22.6. The van der Waals surface area contributed by atoms with Gasteiger partial charge in [0, 0.05) is 12.3 Å². The van der Waals surface area contributed by atoms with E-state index in [2.05, 4.69) is 27.2 Å². The molecule has 3 heteroatoms. The SMILES string of the molecule is CC1=CC(C[N+](C)(C)C)CC1=O.[I-]. The smallest absolute Gasteiger partial charge is 0.159 e. The average molecular weight is 295 g/mol. The van der Waals surface area contributed by atoms with Gasteiger partial charge in [0.1, 0.15) is 0 Å². The number of carbonyl (C=O) groups is 1. The van der Waals surface area contributed by atoms with E-state index >= 15 is 0 Å². The van der Waals surface area contributed by atoms with Crippen molar-refractivity contribution in [1.29, 1.82) is 0 Å². The lowest BCUT2D eigenvalue weighted by Crippen LogP contribution is -3.00. The highest BCUT2D eigenvalue weighted by Crippen LogP contribution is 2.21. The number of rotatable bonds is 2. The largest absolute Gasteiger partial charge is 1.00 e. The van der Waals surface area contributed by atoms with Crippen molar-refractivity contribution in [3.63, 3.8) is 0 Å². The molecule has 0 aromatic carbocycles. The molecule has 1 unspecified atom stereocenters. The van der Waals surface area contributed by atoms with Gasteiger partial charge in [0.15, 0.2) is 5.78 Å². The quantitative estimate of drug-likeness (QED) is 0.435. The minimum Gasteiger partial charge on any atom is -1.00 e. The third-order valence-electron chi connectivity index (χ3n) is 2.16. The predicted octanol–water partition coefficient (Wildman–Crippen LogP) is -1.77. The molecule has 0 aromatic heterocycles. The van der Waals surface area contributed by atoms with Crippen LogP contribution in [0.1, 0.15) is 13.3 Å². The highest BCUT2D eigenvalue weighted by molar-refractivity contribution is 5.97. The van der Waals surface area contributed by atoms with E-state index in [9.17, 15) is 4.79 Å². The number of halogens is 1. The summed E-state index contributed by atoms with van der Waals surface area (Å²) in [6.07, 6.45) is 2.84. The fourth-order valence-corrected chi connectivity index (χ4v) is 1.73. The van der Waals surface area contributed by atoms with Crippen LogP contribution in [0.3, 0.4) is 0 Å². The first-order chi connectivity index (χ1) is 5.38. The summed E-state index contributed by atoms with van der Waals surface area (Å²) in [5.74, 6) is 0.797. The average Bonchev–Trinajstić information content (AvgIpc) is 2.07. The second-order valence-electron chi connectivity index (χ2n) is 4.71. The Labute approximate surface area is 97.6 Å². The maximum Gasteiger partial charge on any atom is 0.159 e. The molecular formula is C10H18INO. The molecule has 0 aromatic rings. The summed E-state index contributed by atoms with van der Waals surface area (Å²) >= 11 is 0. The molecule has 76 valence electrons. The first-order valence-corrected chi connectivity index (χ1v) is 4.40. The Balaban J connectivity index is 0.00000144. The third-order valence-corrected chi connectivity index (χ3v) is 2.16. The first kappa shape index (κ1) is 13.1. The number of carbonyl (C=O) groups excluding carboxylic acids is 1. The number of quaternary nitrogens is 1. The molecule has 0 fully saturated rings. The maximum atomic E-state index is 11.2. The third kappa shape index (κ3) is 4.22. The molecule has 0 bridgehead atoms. The fourth-order valence-electron chi connectivity index (χ4n) is 1.73. The Hall–Kier alpha value is 0.100. The molecule has 0 aliphatic heterocycles. The van der Waals surface area contributed by atoms with Gasteiger partial charge in [-0.15, -0.1) is 0 Å². The highest BCUT2D eigenvalue weighted by atomic mass is 127. The van der Waals surface area contributed by atoms with E-state index in [0.717, 1.165) is 23.0 Å². The van der Waals surface area contributed by atoms with Crippen LogP contribution in [0.15, 0.2) is 11.6 Å². The second-order valence-corrected chi connectivity index (χ2v) is 4.71. The Morgan fingerprint density at radius 2 is 2.00 bits per heavy atom. The molecular weight excluding hydrogens is 277 g/mol. The van der Waals surface area contributed by atoms with Gasteiger partial charge in [-0.05, 0) is 12.5 Å². The Bertz CT molecular complexity index is 228. The molecule has 0 spiro atoms. The Morgan fingerprint density at radius 3 is 2.31 bits per heavy atom. The van der Waals surface area contributed by atoms with Gasteiger partial charge in [-0.3, -0.25) is 4.79 Å². The van der Waals surface area contributed by atoms with Crippen molar-refractivity contribution in [2.45, 2.75) is 13.3 Å². The van der Waals surface area contributed by atoms with Crippen LogP contribution in [0.25, 0.3) is 0 Å². The number of Topliss-reactive ketones (excluding diaryl/α,β-unsaturated/α-hetero) is 1. The first-order valence-electron chi connectivity index (χ1n) is 4.40. The van der Waals surface area contributed by atoms with Crippen LogP contribution in [0, 0.1) is 5.92 Å². The summed E-state index contributed by atoms with van der Waals surface area (Å²) in [6.45, 7) is 2.97. The van der Waals surface area contributed by atoms with Crippen molar-refractivity contribution >= 4 is 5.78 Å². The summed E-state index contributed by atoms with van der Waals surface area (Å²) in [6, 6.07) is 0. The second kappa shape index (κ2) is 4.55. The van der Waals surface area contributed by atoms with Crippen molar-refractivity contribution < 1.29 is 33.3 Å². The zero-order valence-electron chi connectivity index (χ0n) is 8.80. The summed E-state index contributed by atoms with van der Waals surface area (Å²) in [4.78, 5) is 11.2. The van der Waals surface area contributed by atoms with E-state index in [4.69, 9.17) is 0 Å². The minimum atomic E-state index is 0. The van der Waals surface area contributed by atoms with Crippen LogP contribution in [0.5, 0.6) is 0 Å². The zero-order valence-corrected chi connectivity index (χ0v) is 11.0. The summed E-state index contributed by atoms with van der Waals surface area (Å²) < 4.78 is 0.932. The number of hydrogen-bond donors (Lipinski definition) is 0. The van der Waals surface area contributed by atoms with Gasteiger partial charge < -0.3 is 28.5 Å². The predicted molar refractivity (Wildman–Crippen MR) is 49.8 cm³/mol. The molecule has 1 atom stereocenters. The molecule has 0 heterocycles. The topological polar surface area (TPSA) is 17.1 Å². The van der Waals surface area contributed by atoms with Gasteiger partial charge >= 0.3 is 0 Å². The standard InChI is InChI=1S/C10H18NO.HI/c1-8-5-9(6-10(8)12)7-11(2,3)4;/h5,9H,6-7H2,1-4H3;1H/q+1;/p-1. The van der Waals surface area contributed by atoms with Gasteiger partial charge in [-0.1, -0.05) is 6.08 Å². The van der Waals surface area contributed by atoms with Crippen LogP contribution in [0.4, 0.5) is 0 Å². The van der Waals surface area contributed by atoms with Crippen LogP contribution in [0.2, 0.25) is 0 Å². The lowest BCUT2D eigenvalue weighted by atomic mass is 10.1. The Kier molecular flexibility index (Phi) is 4.59. The van der Waals surface area contributed by atoms with E-state index in [0.29, 0.717) is 11.7 Å². The van der Waals surface area contributed by atoms with Crippen molar-refractivity contribution in [1.82, 2.24) is 0 Å². The molecule has 0 amide bonds. The molecule has 0 saturated heterocycles. The van der Waals surface area contributed by atoms with Crippen LogP contribution >= 0.6 is 0 Å². The summed E-state index contributed by atoms with van der Waals surface area (Å²) in [7, 11) is 6.48. The van der Waals surface area contributed by atoms with E-state index < -0.39 is 0 Å². The lowest BCUT2D eigenvalue weighted by molar-refractivity contribution is -0.872. The van der Waals surface area contributed by atoms with Crippen LogP contribution in [-0.2, 0) is 4.79 Å². The van der Waals surface area contributed by atoms with Crippen LogP contribution in [-0.4, -0.2) is 38.0 Å². The molecule has 1 aliphatic rings. The van der Waals surface area contributed by atoms with Gasteiger partial charge in [0.2, 0.25) is 0 Å². The molecule has 1 rings (SSSR count). The zero-order chi connectivity index (χ0) is 9.35. The molecule has 0 saturated carbocycles. The lowest BCUT2D eigenvalue weighted by Gasteiger charge is -2.26. The molecule has 0 radical (unpaired) electrons. The fraction of sp³-hybridized carbons (Fsp3) is 0.700. The molecule has 1 aliphatic carbocycles. The number of nitrogens with zero attached hydrogens (tertiary/aromatic N) is 1. The Morgan fingerprint density at radius 1 is 1.46 bits per heavy atom. The van der Waals surface area contributed by atoms with E-state index in [-0.39, 0.29) is 24.0 Å². The van der Waals surface area contributed by atoms with Crippen molar-refractivity contribution in [2.75, 3.05) is 27.7 Å². The van der Waals surface area contributed by atoms with Crippen molar-refractivity contribution in [2.24, 2.45) is 5.92 Å². The summed E-state index contributed by atoms with van der Waals surface area (Å²) in [5, 5.41) is 0. The number of ketones is 1. The van der Waals surface area contributed by atoms with Crippen molar-refractivity contribution in [3.05, 3.63) is 11.6 Å². The van der Waals surface area contributed by atoms with Gasteiger partial charge in [0.05, 0.1) is 27.7 Å². The van der Waals surface area contributed by atoms with E-state index in [1.54, 1.807) is 0 Å². The molecule has 0 N–H and O–H groups in total. The van der Waals surface area contributed by atoms with Crippen molar-refractivity contribution in [3.8, 4) is 0 Å². The number of allylic oxidation sites excluding steroid dienone is 1. The van der Waals surface area contributed by atoms with E-state index in [1.165, 1.54) is 0 Å². The monoisotopic (exact) mass is 295 g/mol. The minimum absolute atomic E-state index is 0. The maximum absolute atomic E-state index is 11.2. The molecule has 13 heavy (non-hydrogen) atoms.